The summed E-state index contributed by atoms with van der Waals surface area (Å²) in [5.41, 5.74) is 1.41. The van der Waals surface area contributed by atoms with Crippen LogP contribution in [0.3, 0.4) is 0 Å². The Hall–Kier alpha value is -2.00. The van der Waals surface area contributed by atoms with Crippen LogP contribution in [-0.4, -0.2) is 105 Å². The Morgan fingerprint density at radius 1 is 1.18 bits per heavy atom. The number of hydrogen-bond acceptors (Lipinski definition) is 11. The number of nitrogens with zero attached hydrogens (tertiary/aromatic N) is 3. The third-order valence-corrected chi connectivity index (χ3v) is 11.9. The number of hydrogen-bond donors (Lipinski definition) is 4. The molecule has 2 aromatic heterocycles. The van der Waals surface area contributed by atoms with Gasteiger partial charge in [-0.15, -0.1) is 11.3 Å². The number of thioether (sulfide) groups is 1. The van der Waals surface area contributed by atoms with Gasteiger partial charge in [-0.2, -0.15) is 11.8 Å². The van der Waals surface area contributed by atoms with E-state index in [-0.39, 0.29) is 22.1 Å². The van der Waals surface area contributed by atoms with Gasteiger partial charge in [0.25, 0.3) is 5.91 Å². The number of amides is 1. The molecule has 0 radical (unpaired) electrons. The first-order valence-corrected chi connectivity index (χ1v) is 19.0. The molecule has 4 N–H and O–H groups in total. The van der Waals surface area contributed by atoms with Crippen molar-refractivity contribution < 1.29 is 19.7 Å². The minimum atomic E-state index is -0.740. The van der Waals surface area contributed by atoms with Crippen LogP contribution >= 0.6 is 34.4 Å². The van der Waals surface area contributed by atoms with Crippen molar-refractivity contribution >= 4 is 50.6 Å². The van der Waals surface area contributed by atoms with Crippen LogP contribution in [0.15, 0.2) is 22.3 Å². The maximum absolute atomic E-state index is 13.1. The van der Waals surface area contributed by atoms with Crippen LogP contribution in [-0.2, 0) is 4.74 Å². The number of phenols is 1. The molecule has 0 saturated carbocycles. The molecule has 4 heterocycles. The number of carbonyl (C=O) groups excluding carboxylic acids is 1. The second-order valence-corrected chi connectivity index (χ2v) is 15.6. The molecule has 1 atom stereocenters. The van der Waals surface area contributed by atoms with Gasteiger partial charge in [0.15, 0.2) is 0 Å². The molecule has 1 amide bonds. The zero-order chi connectivity index (χ0) is 31.8. The molecule has 2 aliphatic heterocycles. The van der Waals surface area contributed by atoms with Crippen LogP contribution in [0.4, 0.5) is 0 Å². The summed E-state index contributed by atoms with van der Waals surface area (Å²) in [5, 5.41) is 26.8. The molecular formula is C32H47N5O5S3. The molecule has 45 heavy (non-hydrogen) atoms. The lowest BCUT2D eigenvalue weighted by molar-refractivity contribution is -0.127. The molecule has 0 unspecified atom stereocenters. The molecule has 248 valence electrons. The van der Waals surface area contributed by atoms with Crippen LogP contribution in [0.25, 0.3) is 10.2 Å². The number of unbranched alkanes of at least 4 members (excludes halogenated alkanes) is 3. The summed E-state index contributed by atoms with van der Waals surface area (Å²) in [5.74, 6) is 2.52. The van der Waals surface area contributed by atoms with Gasteiger partial charge in [-0.3, -0.25) is 9.59 Å². The van der Waals surface area contributed by atoms with E-state index in [4.69, 9.17) is 4.74 Å². The molecule has 10 nitrogen and oxygen atoms in total. The number of benzene rings is 1. The van der Waals surface area contributed by atoms with Crippen molar-refractivity contribution in [2.75, 3.05) is 63.9 Å². The molecule has 0 bridgehead atoms. The number of aromatic nitrogens is 2. The number of aliphatic hydroxyl groups is 1. The minimum absolute atomic E-state index is 0.0214. The van der Waals surface area contributed by atoms with Gasteiger partial charge in [0.1, 0.15) is 17.0 Å². The van der Waals surface area contributed by atoms with Gasteiger partial charge in [0, 0.05) is 55.3 Å². The number of ether oxygens (including phenoxy) is 1. The lowest BCUT2D eigenvalue weighted by Gasteiger charge is -2.47. The highest BCUT2D eigenvalue weighted by Gasteiger charge is 2.41. The van der Waals surface area contributed by atoms with Crippen LogP contribution < -0.4 is 10.2 Å². The molecule has 1 spiro atoms. The van der Waals surface area contributed by atoms with Gasteiger partial charge in [0.05, 0.1) is 34.6 Å². The summed E-state index contributed by atoms with van der Waals surface area (Å²) >= 11 is 4.52. The second-order valence-electron chi connectivity index (χ2n) is 12.5. The largest absolute Gasteiger partial charge is 0.506 e. The Bertz CT molecular complexity index is 1450. The average molecular weight is 678 g/mol. The van der Waals surface area contributed by atoms with Crippen molar-refractivity contribution in [3.8, 4) is 5.75 Å². The smallest absolute Gasteiger partial charge is 0.305 e. The molecular weight excluding hydrogens is 631 g/mol. The van der Waals surface area contributed by atoms with Crippen LogP contribution in [0.1, 0.15) is 85.5 Å². The number of nitrogens with one attached hydrogen (secondary N) is 2. The monoisotopic (exact) mass is 677 g/mol. The van der Waals surface area contributed by atoms with Crippen molar-refractivity contribution in [3.05, 3.63) is 43.4 Å². The molecule has 5 rings (SSSR count). The summed E-state index contributed by atoms with van der Waals surface area (Å²) in [6.45, 7) is 10.5. The molecule has 2 saturated heterocycles. The van der Waals surface area contributed by atoms with E-state index in [0.29, 0.717) is 53.6 Å². The maximum Gasteiger partial charge on any atom is 0.305 e. The number of rotatable bonds is 15. The van der Waals surface area contributed by atoms with E-state index in [0.717, 1.165) is 66.9 Å². The zero-order valence-corrected chi connectivity index (χ0v) is 28.8. The molecule has 3 aromatic rings. The van der Waals surface area contributed by atoms with Crippen molar-refractivity contribution in [2.45, 2.75) is 70.0 Å². The quantitative estimate of drug-likeness (QED) is 0.168. The Labute approximate surface area is 277 Å². The Morgan fingerprint density at radius 2 is 1.98 bits per heavy atom. The normalized spacial score (nSPS) is 17.9. The third-order valence-electron chi connectivity index (χ3n) is 8.76. The highest BCUT2D eigenvalue weighted by Crippen LogP contribution is 2.32. The number of aromatic hydroxyl groups is 1. The number of piperidine rings is 1. The van der Waals surface area contributed by atoms with Crippen LogP contribution in [0, 0.1) is 0 Å². The molecule has 2 aliphatic rings. The Balaban J connectivity index is 0.891. The number of morpholine rings is 1. The predicted molar refractivity (Wildman–Crippen MR) is 184 cm³/mol. The van der Waals surface area contributed by atoms with E-state index >= 15 is 0 Å². The minimum Gasteiger partial charge on any atom is -0.506 e. The van der Waals surface area contributed by atoms with Crippen molar-refractivity contribution in [1.82, 2.24) is 25.1 Å². The van der Waals surface area contributed by atoms with Crippen molar-refractivity contribution in [2.24, 2.45) is 0 Å². The summed E-state index contributed by atoms with van der Waals surface area (Å²) in [7, 11) is 0. The second kappa shape index (κ2) is 16.2. The lowest BCUT2D eigenvalue weighted by atomic mass is 9.89. The van der Waals surface area contributed by atoms with Gasteiger partial charge in [0.2, 0.25) is 0 Å². The van der Waals surface area contributed by atoms with Crippen LogP contribution in [0.2, 0.25) is 0 Å². The molecule has 1 aromatic carbocycles. The molecule has 0 aliphatic carbocycles. The van der Waals surface area contributed by atoms with E-state index in [1.165, 1.54) is 31.7 Å². The number of carbonyl (C=O) groups is 1. The number of phenolic OH excluding ortho intramolecular Hbond substituents is 1. The molecule has 13 heteroatoms. The van der Waals surface area contributed by atoms with Gasteiger partial charge < -0.3 is 35.1 Å². The average Bonchev–Trinajstić information content (AvgIpc) is 3.68. The predicted octanol–water partition coefficient (Wildman–Crippen LogP) is 4.80. The standard InChI is InChI=1S/C32H47N5O5S3/c1-22(2)29-34-24(20-44-29)30(40)37-15-16-42-32(21-37)9-13-36(14-10-32)12-5-3-4-6-17-43-18-11-33-19-26(39)23-7-8-25(38)27-28(23)45-31(41)35-27/h7-8,20,22,26,33,38-39H,3-6,9-19,21H2,1-2H3,(H,35,41)/t26-/m0/s1. The van der Waals surface area contributed by atoms with E-state index < -0.39 is 6.10 Å². The number of likely N-dealkylation sites (tertiary alicyclic amines) is 1. The third kappa shape index (κ3) is 9.09. The highest BCUT2D eigenvalue weighted by atomic mass is 32.2. The lowest BCUT2D eigenvalue weighted by Crippen LogP contribution is -2.58. The highest BCUT2D eigenvalue weighted by molar-refractivity contribution is 7.99. The summed E-state index contributed by atoms with van der Waals surface area (Å²) in [4.78, 5) is 36.3. The zero-order valence-electron chi connectivity index (χ0n) is 26.4. The first-order valence-electron chi connectivity index (χ1n) is 16.2. The Kier molecular flexibility index (Phi) is 12.4. The maximum atomic E-state index is 13.1. The fourth-order valence-corrected chi connectivity index (χ4v) is 8.74. The Morgan fingerprint density at radius 3 is 2.76 bits per heavy atom. The van der Waals surface area contributed by atoms with Gasteiger partial charge in [-0.05, 0) is 44.0 Å². The number of aromatic amines is 1. The topological polar surface area (TPSA) is 131 Å². The van der Waals surface area contributed by atoms with E-state index in [1.54, 1.807) is 17.4 Å². The molecule has 2 fully saturated rings. The first kappa shape index (κ1) is 34.3. The SMILES string of the molecule is CC(C)c1nc(C(=O)N2CCOC3(CCN(CCCCCCSCCNC[C@H](O)c4ccc(O)c5[nH]c(=O)sc45)CC3)C2)cs1. The van der Waals surface area contributed by atoms with Gasteiger partial charge in [-0.25, -0.2) is 4.98 Å². The van der Waals surface area contributed by atoms with E-state index in [9.17, 15) is 19.8 Å². The van der Waals surface area contributed by atoms with Crippen molar-refractivity contribution in [3.63, 3.8) is 0 Å². The van der Waals surface area contributed by atoms with Crippen LogP contribution in [0.5, 0.6) is 5.75 Å². The summed E-state index contributed by atoms with van der Waals surface area (Å²) in [6.07, 6.45) is 6.11. The fraction of sp³-hybridized carbons (Fsp3) is 0.656. The first-order chi connectivity index (χ1) is 21.7. The number of fused-ring (bicyclic) bond motifs is 1. The number of H-pyrrole nitrogens is 1. The summed E-state index contributed by atoms with van der Waals surface area (Å²) < 4.78 is 6.90. The fourth-order valence-electron chi connectivity index (χ4n) is 6.11. The van der Waals surface area contributed by atoms with E-state index in [1.807, 2.05) is 22.0 Å². The number of aliphatic hydroxyl groups excluding tert-OH is 1. The van der Waals surface area contributed by atoms with E-state index in [2.05, 4.69) is 34.0 Å². The van der Waals surface area contributed by atoms with Gasteiger partial charge >= 0.3 is 4.87 Å². The van der Waals surface area contributed by atoms with Gasteiger partial charge in [-0.1, -0.05) is 44.1 Å². The summed E-state index contributed by atoms with van der Waals surface area (Å²) in [6, 6.07) is 3.19. The number of thiazole rings is 2. The van der Waals surface area contributed by atoms with Crippen molar-refractivity contribution in [1.29, 1.82) is 0 Å².